The standard InChI is InChI=1S/C15H14N2O2/c18-15-11-9-12(10-5-2-1-3-6-10)19-14(11)16-13-7-4-8-17(13)15/h1-3,5-6,12H,4,7-9H2/t12-/m1/s1. The summed E-state index contributed by atoms with van der Waals surface area (Å²) >= 11 is 0. The van der Waals surface area contributed by atoms with E-state index in [1.807, 2.05) is 30.3 Å². The van der Waals surface area contributed by atoms with Crippen LogP contribution in [-0.4, -0.2) is 9.55 Å². The molecule has 0 radical (unpaired) electrons. The van der Waals surface area contributed by atoms with Crippen LogP contribution in [0.5, 0.6) is 5.88 Å². The van der Waals surface area contributed by atoms with Crippen LogP contribution in [0.2, 0.25) is 0 Å². The van der Waals surface area contributed by atoms with Gasteiger partial charge in [0.1, 0.15) is 11.9 Å². The van der Waals surface area contributed by atoms with Crippen LogP contribution in [0.1, 0.15) is 29.5 Å². The van der Waals surface area contributed by atoms with Crippen molar-refractivity contribution in [3.63, 3.8) is 0 Å². The molecule has 2 aromatic rings. The van der Waals surface area contributed by atoms with Gasteiger partial charge in [-0.2, -0.15) is 4.98 Å². The number of nitrogens with zero attached hydrogens (tertiary/aromatic N) is 2. The summed E-state index contributed by atoms with van der Waals surface area (Å²) in [5, 5.41) is 0. The van der Waals surface area contributed by atoms with Gasteiger partial charge in [-0.1, -0.05) is 30.3 Å². The van der Waals surface area contributed by atoms with Crippen molar-refractivity contribution in [2.75, 3.05) is 0 Å². The van der Waals surface area contributed by atoms with E-state index in [0.29, 0.717) is 12.3 Å². The fourth-order valence-electron chi connectivity index (χ4n) is 2.92. The molecule has 0 saturated carbocycles. The average molecular weight is 254 g/mol. The Balaban J connectivity index is 1.76. The highest BCUT2D eigenvalue weighted by molar-refractivity contribution is 5.34. The molecule has 1 aromatic heterocycles. The molecule has 1 atom stereocenters. The third-order valence-corrected chi connectivity index (χ3v) is 3.90. The highest BCUT2D eigenvalue weighted by Gasteiger charge is 2.31. The van der Waals surface area contributed by atoms with E-state index >= 15 is 0 Å². The molecule has 4 rings (SSSR count). The number of benzene rings is 1. The molecular weight excluding hydrogens is 240 g/mol. The Hall–Kier alpha value is -2.10. The molecule has 0 N–H and O–H groups in total. The molecule has 96 valence electrons. The lowest BCUT2D eigenvalue weighted by Crippen LogP contribution is -2.23. The summed E-state index contributed by atoms with van der Waals surface area (Å²) in [6.45, 7) is 0.796. The topological polar surface area (TPSA) is 44.1 Å². The van der Waals surface area contributed by atoms with Gasteiger partial charge in [-0.3, -0.25) is 9.36 Å². The van der Waals surface area contributed by atoms with Crippen LogP contribution in [0, 0.1) is 0 Å². The van der Waals surface area contributed by atoms with Gasteiger partial charge in [0.25, 0.3) is 5.56 Å². The summed E-state index contributed by atoms with van der Waals surface area (Å²) in [4.78, 5) is 16.9. The monoisotopic (exact) mass is 254 g/mol. The Bertz CT molecular complexity index is 691. The Kier molecular flexibility index (Phi) is 2.24. The van der Waals surface area contributed by atoms with Crippen LogP contribution in [0.3, 0.4) is 0 Å². The zero-order valence-corrected chi connectivity index (χ0v) is 10.5. The first-order valence-electron chi connectivity index (χ1n) is 6.67. The molecule has 3 heterocycles. The Labute approximate surface area is 110 Å². The molecule has 0 spiro atoms. The third kappa shape index (κ3) is 1.59. The van der Waals surface area contributed by atoms with E-state index in [1.165, 1.54) is 0 Å². The second-order valence-corrected chi connectivity index (χ2v) is 5.09. The predicted molar refractivity (Wildman–Crippen MR) is 70.3 cm³/mol. The molecule has 0 amide bonds. The van der Waals surface area contributed by atoms with E-state index in [2.05, 4.69) is 4.98 Å². The van der Waals surface area contributed by atoms with Gasteiger partial charge in [0.15, 0.2) is 0 Å². The van der Waals surface area contributed by atoms with Gasteiger partial charge in [-0.25, -0.2) is 0 Å². The number of hydrogen-bond acceptors (Lipinski definition) is 3. The van der Waals surface area contributed by atoms with Crippen molar-refractivity contribution in [3.8, 4) is 5.88 Å². The normalized spacial score (nSPS) is 19.9. The average Bonchev–Trinajstić information content (AvgIpc) is 3.06. The minimum Gasteiger partial charge on any atom is -0.469 e. The summed E-state index contributed by atoms with van der Waals surface area (Å²) in [5.41, 5.74) is 1.93. The molecule has 0 aliphatic carbocycles. The first-order chi connectivity index (χ1) is 9.33. The molecule has 19 heavy (non-hydrogen) atoms. The summed E-state index contributed by atoms with van der Waals surface area (Å²) in [7, 11) is 0. The number of aromatic nitrogens is 2. The van der Waals surface area contributed by atoms with Gasteiger partial charge >= 0.3 is 0 Å². The predicted octanol–water partition coefficient (Wildman–Crippen LogP) is 1.87. The fraction of sp³-hybridized carbons (Fsp3) is 0.333. The van der Waals surface area contributed by atoms with E-state index in [4.69, 9.17) is 4.74 Å². The number of aryl methyl sites for hydroxylation is 1. The van der Waals surface area contributed by atoms with E-state index in [-0.39, 0.29) is 11.7 Å². The number of rotatable bonds is 1. The second kappa shape index (κ2) is 3.95. The Morgan fingerprint density at radius 3 is 2.95 bits per heavy atom. The summed E-state index contributed by atoms with van der Waals surface area (Å²) in [6.07, 6.45) is 2.44. The quantitative estimate of drug-likeness (QED) is 0.780. The lowest BCUT2D eigenvalue weighted by Gasteiger charge is -2.09. The number of hydrogen-bond donors (Lipinski definition) is 0. The van der Waals surface area contributed by atoms with Crippen LogP contribution in [0.25, 0.3) is 0 Å². The molecule has 4 nitrogen and oxygen atoms in total. The molecule has 1 aromatic carbocycles. The molecule has 0 saturated heterocycles. The second-order valence-electron chi connectivity index (χ2n) is 5.09. The maximum atomic E-state index is 12.4. The zero-order chi connectivity index (χ0) is 12.8. The molecule has 0 bridgehead atoms. The SMILES string of the molecule is O=c1c2c(nc3n1CCC3)O[C@@H](c1ccccc1)C2. The van der Waals surface area contributed by atoms with E-state index in [9.17, 15) is 4.79 Å². The van der Waals surface area contributed by atoms with Crippen molar-refractivity contribution < 1.29 is 4.74 Å². The highest BCUT2D eigenvalue weighted by Crippen LogP contribution is 2.33. The smallest absolute Gasteiger partial charge is 0.260 e. The molecular formula is C15H14N2O2. The van der Waals surface area contributed by atoms with Gasteiger partial charge in [-0.15, -0.1) is 0 Å². The lowest BCUT2D eigenvalue weighted by molar-refractivity contribution is 0.230. The molecule has 2 aliphatic heterocycles. The molecule has 0 unspecified atom stereocenters. The lowest BCUT2D eigenvalue weighted by atomic mass is 10.1. The van der Waals surface area contributed by atoms with Crippen molar-refractivity contribution in [1.82, 2.24) is 9.55 Å². The van der Waals surface area contributed by atoms with E-state index in [0.717, 1.165) is 36.3 Å². The first-order valence-corrected chi connectivity index (χ1v) is 6.67. The minimum atomic E-state index is -0.0699. The largest absolute Gasteiger partial charge is 0.469 e. The van der Waals surface area contributed by atoms with Gasteiger partial charge < -0.3 is 4.74 Å². The Morgan fingerprint density at radius 1 is 1.26 bits per heavy atom. The van der Waals surface area contributed by atoms with Gasteiger partial charge in [0.05, 0.1) is 5.56 Å². The third-order valence-electron chi connectivity index (χ3n) is 3.90. The maximum absolute atomic E-state index is 12.4. The van der Waals surface area contributed by atoms with Crippen molar-refractivity contribution in [2.24, 2.45) is 0 Å². The highest BCUT2D eigenvalue weighted by atomic mass is 16.5. The van der Waals surface area contributed by atoms with Crippen LogP contribution < -0.4 is 10.3 Å². The fourth-order valence-corrected chi connectivity index (χ4v) is 2.92. The number of fused-ring (bicyclic) bond motifs is 2. The van der Waals surface area contributed by atoms with Crippen LogP contribution >= 0.6 is 0 Å². The van der Waals surface area contributed by atoms with Gasteiger partial charge in [0, 0.05) is 19.4 Å². The van der Waals surface area contributed by atoms with Crippen molar-refractivity contribution in [1.29, 1.82) is 0 Å². The zero-order valence-electron chi connectivity index (χ0n) is 10.5. The van der Waals surface area contributed by atoms with Crippen molar-refractivity contribution in [3.05, 3.63) is 57.6 Å². The van der Waals surface area contributed by atoms with Crippen molar-refractivity contribution in [2.45, 2.75) is 31.9 Å². The summed E-state index contributed by atoms with van der Waals surface area (Å²) in [6, 6.07) is 10.0. The molecule has 4 heteroatoms. The maximum Gasteiger partial charge on any atom is 0.260 e. The summed E-state index contributed by atoms with van der Waals surface area (Å²) < 4.78 is 7.68. The number of ether oxygens (including phenoxy) is 1. The van der Waals surface area contributed by atoms with E-state index < -0.39 is 0 Å². The van der Waals surface area contributed by atoms with Crippen LogP contribution in [0.15, 0.2) is 35.1 Å². The van der Waals surface area contributed by atoms with Crippen molar-refractivity contribution >= 4 is 0 Å². The summed E-state index contributed by atoms with van der Waals surface area (Å²) in [5.74, 6) is 1.42. The van der Waals surface area contributed by atoms with Gasteiger partial charge in [0.2, 0.25) is 5.88 Å². The molecule has 2 aliphatic rings. The van der Waals surface area contributed by atoms with E-state index in [1.54, 1.807) is 4.57 Å². The van der Waals surface area contributed by atoms with Crippen LogP contribution in [-0.2, 0) is 19.4 Å². The molecule has 0 fully saturated rings. The Morgan fingerprint density at radius 2 is 2.11 bits per heavy atom. The first kappa shape index (κ1) is 10.8. The van der Waals surface area contributed by atoms with Gasteiger partial charge in [-0.05, 0) is 12.0 Å². The van der Waals surface area contributed by atoms with Crippen LogP contribution in [0.4, 0.5) is 0 Å². The minimum absolute atomic E-state index is 0.0699.